The van der Waals surface area contributed by atoms with Crippen molar-refractivity contribution < 1.29 is 9.90 Å². The minimum absolute atomic E-state index is 0.0245. The SMILES string of the molecule is CC(C)(C)C(=O)Nc1ccc(CCN2C[C@@H]3C[C@@](O)(Cc4ccccc4)C[C@@H]3C2)cn1. The third-order valence-corrected chi connectivity index (χ3v) is 6.78. The molecule has 0 radical (unpaired) electrons. The number of hydrogen-bond acceptors (Lipinski definition) is 4. The highest BCUT2D eigenvalue weighted by atomic mass is 16.3. The number of carbonyl (C=O) groups excluding carboxylic acids is 1. The molecule has 1 aromatic carbocycles. The van der Waals surface area contributed by atoms with Gasteiger partial charge in [0.1, 0.15) is 5.82 Å². The number of nitrogens with zero attached hydrogens (tertiary/aromatic N) is 2. The van der Waals surface area contributed by atoms with Crippen LogP contribution in [0.2, 0.25) is 0 Å². The highest BCUT2D eigenvalue weighted by Gasteiger charge is 2.47. The van der Waals surface area contributed by atoms with E-state index in [4.69, 9.17) is 0 Å². The minimum Gasteiger partial charge on any atom is -0.390 e. The minimum atomic E-state index is -0.542. The first-order chi connectivity index (χ1) is 14.7. The molecule has 2 fully saturated rings. The molecule has 1 saturated carbocycles. The fourth-order valence-corrected chi connectivity index (χ4v) is 5.10. The molecule has 0 bridgehead atoms. The Morgan fingerprint density at radius 1 is 1.10 bits per heavy atom. The number of likely N-dealkylation sites (tertiary alicyclic amines) is 1. The van der Waals surface area contributed by atoms with Crippen LogP contribution in [0.25, 0.3) is 0 Å². The molecule has 1 aliphatic carbocycles. The van der Waals surface area contributed by atoms with Crippen LogP contribution in [-0.2, 0) is 17.6 Å². The Bertz CT molecular complexity index is 875. The molecule has 2 heterocycles. The van der Waals surface area contributed by atoms with Crippen LogP contribution in [-0.4, -0.2) is 46.1 Å². The number of rotatable bonds is 6. The zero-order chi connectivity index (χ0) is 22.1. The van der Waals surface area contributed by atoms with Crippen molar-refractivity contribution in [1.29, 1.82) is 0 Å². The lowest BCUT2D eigenvalue weighted by Crippen LogP contribution is -2.32. The number of amides is 1. The van der Waals surface area contributed by atoms with Gasteiger partial charge in [-0.05, 0) is 48.3 Å². The molecule has 31 heavy (non-hydrogen) atoms. The summed E-state index contributed by atoms with van der Waals surface area (Å²) >= 11 is 0. The summed E-state index contributed by atoms with van der Waals surface area (Å²) in [5, 5.41) is 14.0. The van der Waals surface area contributed by atoms with Crippen LogP contribution in [0, 0.1) is 17.3 Å². The maximum Gasteiger partial charge on any atom is 0.230 e. The average Bonchev–Trinajstić information content (AvgIpc) is 3.21. The number of fused-ring (bicyclic) bond motifs is 1. The van der Waals surface area contributed by atoms with Gasteiger partial charge in [0.15, 0.2) is 0 Å². The van der Waals surface area contributed by atoms with Gasteiger partial charge in [-0.15, -0.1) is 0 Å². The summed E-state index contributed by atoms with van der Waals surface area (Å²) in [7, 11) is 0. The second-order valence-corrected chi connectivity index (χ2v) is 10.6. The molecule has 1 aromatic heterocycles. The van der Waals surface area contributed by atoms with Crippen LogP contribution < -0.4 is 5.32 Å². The number of hydrogen-bond donors (Lipinski definition) is 2. The zero-order valence-electron chi connectivity index (χ0n) is 19.0. The molecule has 4 rings (SSSR count). The van der Waals surface area contributed by atoms with E-state index in [0.29, 0.717) is 17.7 Å². The van der Waals surface area contributed by atoms with Crippen LogP contribution in [0.5, 0.6) is 0 Å². The first-order valence-corrected chi connectivity index (χ1v) is 11.5. The molecule has 5 nitrogen and oxygen atoms in total. The van der Waals surface area contributed by atoms with Crippen molar-refractivity contribution in [3.63, 3.8) is 0 Å². The van der Waals surface area contributed by atoms with E-state index in [1.807, 2.05) is 39.1 Å². The van der Waals surface area contributed by atoms with Crippen molar-refractivity contribution in [1.82, 2.24) is 9.88 Å². The van der Waals surface area contributed by atoms with E-state index >= 15 is 0 Å². The Kier molecular flexibility index (Phi) is 6.18. The summed E-state index contributed by atoms with van der Waals surface area (Å²) in [5.74, 6) is 1.78. The standard InChI is InChI=1S/C26H35N3O2/c1-25(2,3)24(30)28-23-10-9-20(16-27-23)11-12-29-17-21-14-26(31,15-22(21)18-29)13-19-7-5-4-6-8-19/h4-10,16,21-22,31H,11-15,17-18H2,1-3H3,(H,27,28,30)/t21-,22+,26-. The number of aromatic nitrogens is 1. The summed E-state index contributed by atoms with van der Waals surface area (Å²) in [5.41, 5.74) is 1.45. The van der Waals surface area contributed by atoms with Crippen LogP contribution in [0.3, 0.4) is 0 Å². The van der Waals surface area contributed by atoms with Gasteiger partial charge in [-0.25, -0.2) is 4.98 Å². The van der Waals surface area contributed by atoms with Gasteiger partial charge in [0.2, 0.25) is 5.91 Å². The average molecular weight is 422 g/mol. The highest BCUT2D eigenvalue weighted by molar-refractivity contribution is 5.93. The Balaban J connectivity index is 1.24. The number of aliphatic hydroxyl groups is 1. The summed E-state index contributed by atoms with van der Waals surface area (Å²) in [6, 6.07) is 14.3. The molecular formula is C26H35N3O2. The zero-order valence-corrected chi connectivity index (χ0v) is 19.0. The van der Waals surface area contributed by atoms with Gasteiger partial charge in [0.05, 0.1) is 5.60 Å². The van der Waals surface area contributed by atoms with Crippen LogP contribution in [0.4, 0.5) is 5.82 Å². The van der Waals surface area contributed by atoms with E-state index in [0.717, 1.165) is 45.3 Å². The number of benzene rings is 1. The maximum absolute atomic E-state index is 12.1. The third-order valence-electron chi connectivity index (χ3n) is 6.78. The maximum atomic E-state index is 12.1. The van der Waals surface area contributed by atoms with E-state index in [-0.39, 0.29) is 5.91 Å². The quantitative estimate of drug-likeness (QED) is 0.742. The normalized spacial score (nSPS) is 26.1. The number of pyridine rings is 1. The molecule has 0 unspecified atom stereocenters. The Morgan fingerprint density at radius 3 is 2.35 bits per heavy atom. The Hall–Kier alpha value is -2.24. The lowest BCUT2D eigenvalue weighted by molar-refractivity contribution is -0.123. The molecule has 0 spiro atoms. The molecule has 1 aliphatic heterocycles. The molecule has 2 aliphatic rings. The lowest BCUT2D eigenvalue weighted by Gasteiger charge is -2.26. The third kappa shape index (κ3) is 5.52. The van der Waals surface area contributed by atoms with Crippen molar-refractivity contribution in [3.05, 3.63) is 59.8 Å². The first kappa shape index (κ1) is 22.0. The van der Waals surface area contributed by atoms with Gasteiger partial charge in [0.25, 0.3) is 0 Å². The van der Waals surface area contributed by atoms with E-state index in [1.54, 1.807) is 0 Å². The smallest absolute Gasteiger partial charge is 0.230 e. The van der Waals surface area contributed by atoms with Gasteiger partial charge in [-0.2, -0.15) is 0 Å². The van der Waals surface area contributed by atoms with Crippen molar-refractivity contribution >= 4 is 11.7 Å². The predicted molar refractivity (Wildman–Crippen MR) is 124 cm³/mol. The fourth-order valence-electron chi connectivity index (χ4n) is 5.10. The summed E-state index contributed by atoms with van der Waals surface area (Å²) < 4.78 is 0. The van der Waals surface area contributed by atoms with Gasteiger partial charge < -0.3 is 15.3 Å². The molecule has 2 aromatic rings. The molecule has 5 heteroatoms. The van der Waals surface area contributed by atoms with Gasteiger partial charge >= 0.3 is 0 Å². The summed E-state index contributed by atoms with van der Waals surface area (Å²) in [6.07, 6.45) is 5.41. The van der Waals surface area contributed by atoms with Gasteiger partial charge in [-0.1, -0.05) is 57.2 Å². The lowest BCUT2D eigenvalue weighted by atomic mass is 9.91. The van der Waals surface area contributed by atoms with Crippen molar-refractivity contribution in [2.75, 3.05) is 25.0 Å². The van der Waals surface area contributed by atoms with Gasteiger partial charge in [0, 0.05) is 37.7 Å². The van der Waals surface area contributed by atoms with Crippen molar-refractivity contribution in [2.24, 2.45) is 17.3 Å². The van der Waals surface area contributed by atoms with Crippen LogP contribution in [0.15, 0.2) is 48.7 Å². The fraction of sp³-hybridized carbons (Fsp3) is 0.538. The molecule has 1 amide bonds. The molecule has 166 valence electrons. The van der Waals surface area contributed by atoms with Crippen LogP contribution >= 0.6 is 0 Å². The first-order valence-electron chi connectivity index (χ1n) is 11.5. The largest absolute Gasteiger partial charge is 0.390 e. The van der Waals surface area contributed by atoms with E-state index in [1.165, 1.54) is 11.1 Å². The molecule has 3 atom stereocenters. The van der Waals surface area contributed by atoms with Gasteiger partial charge in [-0.3, -0.25) is 4.79 Å². The summed E-state index contributed by atoms with van der Waals surface area (Å²) in [6.45, 7) is 8.85. The Morgan fingerprint density at radius 2 is 1.77 bits per heavy atom. The van der Waals surface area contributed by atoms with E-state index in [9.17, 15) is 9.90 Å². The molecule has 1 saturated heterocycles. The van der Waals surface area contributed by atoms with E-state index < -0.39 is 11.0 Å². The Labute approximate surface area is 185 Å². The van der Waals surface area contributed by atoms with Crippen molar-refractivity contribution in [3.8, 4) is 0 Å². The number of carbonyl (C=O) groups is 1. The van der Waals surface area contributed by atoms with E-state index in [2.05, 4.69) is 45.5 Å². The number of nitrogens with one attached hydrogen (secondary N) is 1. The van der Waals surface area contributed by atoms with Crippen LogP contribution in [0.1, 0.15) is 44.7 Å². The highest BCUT2D eigenvalue weighted by Crippen LogP contribution is 2.45. The predicted octanol–water partition coefficient (Wildman–Crippen LogP) is 3.92. The monoisotopic (exact) mass is 421 g/mol. The molecular weight excluding hydrogens is 386 g/mol. The van der Waals surface area contributed by atoms with Crippen molar-refractivity contribution in [2.45, 2.75) is 52.1 Å². The topological polar surface area (TPSA) is 65.5 Å². The summed E-state index contributed by atoms with van der Waals surface area (Å²) in [4.78, 5) is 19.0. The molecule has 2 N–H and O–H groups in total. The number of anilines is 1. The second-order valence-electron chi connectivity index (χ2n) is 10.6. The second kappa shape index (κ2) is 8.71.